The molecule has 0 saturated carbocycles. The lowest BCUT2D eigenvalue weighted by molar-refractivity contribution is -0.120. The van der Waals surface area contributed by atoms with E-state index in [9.17, 15) is 9.59 Å². The van der Waals surface area contributed by atoms with E-state index in [0.29, 0.717) is 38.5 Å². The molecule has 1 aromatic heterocycles. The van der Waals surface area contributed by atoms with Crippen LogP contribution in [-0.4, -0.2) is 43.0 Å². The number of hydrogen-bond donors (Lipinski definition) is 2. The molecule has 1 saturated heterocycles. The average Bonchev–Trinajstić information content (AvgIpc) is 2.83. The monoisotopic (exact) mass is 295 g/mol. The van der Waals surface area contributed by atoms with Gasteiger partial charge in [-0.1, -0.05) is 13.0 Å². The van der Waals surface area contributed by atoms with Crippen LogP contribution < -0.4 is 10.6 Å². The van der Waals surface area contributed by atoms with Gasteiger partial charge in [0.15, 0.2) is 0 Å². The van der Waals surface area contributed by atoms with Gasteiger partial charge in [0, 0.05) is 37.5 Å². The Labute approximate surface area is 123 Å². The van der Waals surface area contributed by atoms with Gasteiger partial charge in [-0.3, -0.25) is 4.79 Å². The maximum Gasteiger partial charge on any atom is 0.317 e. The number of hydrogen-bond acceptors (Lipinski definition) is 3. The van der Waals surface area contributed by atoms with Crippen molar-refractivity contribution in [3.8, 4) is 0 Å². The van der Waals surface area contributed by atoms with Crippen LogP contribution in [0, 0.1) is 5.92 Å². The minimum atomic E-state index is -0.0699. The molecule has 0 spiro atoms. The van der Waals surface area contributed by atoms with Crippen molar-refractivity contribution in [3.05, 3.63) is 22.4 Å². The van der Waals surface area contributed by atoms with Crippen molar-refractivity contribution in [2.75, 3.05) is 26.2 Å². The van der Waals surface area contributed by atoms with Gasteiger partial charge in [-0.2, -0.15) is 0 Å². The van der Waals surface area contributed by atoms with Crippen LogP contribution in [0.2, 0.25) is 0 Å². The fourth-order valence-corrected chi connectivity index (χ4v) is 3.06. The minimum absolute atomic E-state index is 0.0198. The molecule has 5 nitrogen and oxygen atoms in total. The SMILES string of the molecule is CC(CNC(=O)N1CCNC(=O)CC1)Cc1cccs1. The van der Waals surface area contributed by atoms with Gasteiger partial charge >= 0.3 is 6.03 Å². The summed E-state index contributed by atoms with van der Waals surface area (Å²) in [4.78, 5) is 26.3. The molecule has 20 heavy (non-hydrogen) atoms. The number of urea groups is 1. The molecule has 0 radical (unpaired) electrons. The molecule has 3 amide bonds. The van der Waals surface area contributed by atoms with Crippen molar-refractivity contribution < 1.29 is 9.59 Å². The second-order valence-electron chi connectivity index (χ2n) is 5.16. The zero-order valence-electron chi connectivity index (χ0n) is 11.7. The van der Waals surface area contributed by atoms with Crippen LogP contribution in [0.4, 0.5) is 4.79 Å². The van der Waals surface area contributed by atoms with Crippen molar-refractivity contribution in [1.29, 1.82) is 0 Å². The van der Waals surface area contributed by atoms with Crippen LogP contribution >= 0.6 is 11.3 Å². The molecule has 1 aromatic rings. The highest BCUT2D eigenvalue weighted by atomic mass is 32.1. The molecule has 110 valence electrons. The maximum absolute atomic E-state index is 12.0. The molecule has 2 N–H and O–H groups in total. The minimum Gasteiger partial charge on any atom is -0.354 e. The first kappa shape index (κ1) is 14.8. The Kier molecular flexibility index (Phi) is 5.40. The van der Waals surface area contributed by atoms with Gasteiger partial charge in [0.1, 0.15) is 0 Å². The fraction of sp³-hybridized carbons (Fsp3) is 0.571. The summed E-state index contributed by atoms with van der Waals surface area (Å²) in [6.07, 6.45) is 1.37. The molecule has 2 rings (SSSR count). The Morgan fingerprint density at radius 3 is 3.15 bits per heavy atom. The molecular formula is C14H21N3O2S. The second-order valence-corrected chi connectivity index (χ2v) is 6.19. The average molecular weight is 295 g/mol. The van der Waals surface area contributed by atoms with Crippen LogP contribution in [0.5, 0.6) is 0 Å². The van der Waals surface area contributed by atoms with E-state index in [1.54, 1.807) is 16.2 Å². The molecule has 1 unspecified atom stereocenters. The van der Waals surface area contributed by atoms with Gasteiger partial charge in [-0.05, 0) is 23.8 Å². The van der Waals surface area contributed by atoms with Crippen LogP contribution in [0.15, 0.2) is 17.5 Å². The third kappa shape index (κ3) is 4.52. The molecule has 6 heteroatoms. The number of nitrogens with zero attached hydrogens (tertiary/aromatic N) is 1. The first-order valence-corrected chi connectivity index (χ1v) is 7.85. The lowest BCUT2D eigenvalue weighted by Crippen LogP contribution is -2.43. The van der Waals surface area contributed by atoms with Crippen molar-refractivity contribution >= 4 is 23.3 Å². The largest absolute Gasteiger partial charge is 0.354 e. The standard InChI is InChI=1S/C14H21N3O2S/c1-11(9-12-3-2-8-20-12)10-16-14(19)17-6-4-13(18)15-5-7-17/h2-3,8,11H,4-7,9-10H2,1H3,(H,15,18)(H,16,19). The van der Waals surface area contributed by atoms with Gasteiger partial charge < -0.3 is 15.5 Å². The normalized spacial score (nSPS) is 17.2. The van der Waals surface area contributed by atoms with Gasteiger partial charge in [-0.25, -0.2) is 4.79 Å². The van der Waals surface area contributed by atoms with E-state index in [2.05, 4.69) is 29.0 Å². The van der Waals surface area contributed by atoms with E-state index < -0.39 is 0 Å². The van der Waals surface area contributed by atoms with E-state index in [1.165, 1.54) is 4.88 Å². The molecule has 1 aliphatic heterocycles. The molecular weight excluding hydrogens is 274 g/mol. The molecule has 1 aliphatic rings. The molecule has 2 heterocycles. The summed E-state index contributed by atoms with van der Waals surface area (Å²) < 4.78 is 0. The number of amides is 3. The smallest absolute Gasteiger partial charge is 0.317 e. The summed E-state index contributed by atoms with van der Waals surface area (Å²) in [6, 6.07) is 4.10. The highest BCUT2D eigenvalue weighted by Gasteiger charge is 2.18. The number of carbonyl (C=O) groups excluding carboxylic acids is 2. The van der Waals surface area contributed by atoms with E-state index in [4.69, 9.17) is 0 Å². The van der Waals surface area contributed by atoms with Crippen molar-refractivity contribution in [2.45, 2.75) is 19.8 Å². The zero-order chi connectivity index (χ0) is 14.4. The topological polar surface area (TPSA) is 61.4 Å². The molecule has 1 atom stereocenters. The zero-order valence-corrected chi connectivity index (χ0v) is 12.5. The predicted molar refractivity (Wildman–Crippen MR) is 79.8 cm³/mol. The molecule has 0 aliphatic carbocycles. The van der Waals surface area contributed by atoms with E-state index >= 15 is 0 Å². The van der Waals surface area contributed by atoms with Gasteiger partial charge in [0.25, 0.3) is 0 Å². The van der Waals surface area contributed by atoms with Crippen LogP contribution in [0.1, 0.15) is 18.2 Å². The van der Waals surface area contributed by atoms with Gasteiger partial charge in [0.2, 0.25) is 5.91 Å². The quantitative estimate of drug-likeness (QED) is 0.883. The first-order chi connectivity index (χ1) is 9.65. The molecule has 1 fully saturated rings. The van der Waals surface area contributed by atoms with E-state index in [-0.39, 0.29) is 11.9 Å². The summed E-state index contributed by atoms with van der Waals surface area (Å²) in [6.45, 7) is 4.41. The summed E-state index contributed by atoms with van der Waals surface area (Å²) in [5, 5.41) is 7.80. The van der Waals surface area contributed by atoms with Crippen LogP contribution in [0.3, 0.4) is 0 Å². The highest BCUT2D eigenvalue weighted by Crippen LogP contribution is 2.13. The van der Waals surface area contributed by atoms with Gasteiger partial charge in [0.05, 0.1) is 0 Å². The maximum atomic E-state index is 12.0. The molecule has 0 bridgehead atoms. The van der Waals surface area contributed by atoms with Crippen molar-refractivity contribution in [1.82, 2.24) is 15.5 Å². The fourth-order valence-electron chi connectivity index (χ4n) is 2.19. The predicted octanol–water partition coefficient (Wildman–Crippen LogP) is 1.46. The van der Waals surface area contributed by atoms with E-state index in [1.807, 2.05) is 6.07 Å². The Balaban J connectivity index is 1.72. The molecule has 0 aromatic carbocycles. The number of thiophene rings is 1. The lowest BCUT2D eigenvalue weighted by Gasteiger charge is -2.21. The summed E-state index contributed by atoms with van der Waals surface area (Å²) in [5.74, 6) is 0.427. The Bertz CT molecular complexity index is 447. The summed E-state index contributed by atoms with van der Waals surface area (Å²) in [5.41, 5.74) is 0. The first-order valence-electron chi connectivity index (χ1n) is 6.97. The highest BCUT2D eigenvalue weighted by molar-refractivity contribution is 7.09. The van der Waals surface area contributed by atoms with E-state index in [0.717, 1.165) is 6.42 Å². The summed E-state index contributed by atoms with van der Waals surface area (Å²) in [7, 11) is 0. The Hall–Kier alpha value is -1.56. The summed E-state index contributed by atoms with van der Waals surface area (Å²) >= 11 is 1.75. The Morgan fingerprint density at radius 2 is 2.40 bits per heavy atom. The third-order valence-electron chi connectivity index (χ3n) is 3.33. The van der Waals surface area contributed by atoms with Crippen LogP contribution in [0.25, 0.3) is 0 Å². The second kappa shape index (κ2) is 7.28. The third-order valence-corrected chi connectivity index (χ3v) is 4.23. The van der Waals surface area contributed by atoms with Crippen LogP contribution in [-0.2, 0) is 11.2 Å². The van der Waals surface area contributed by atoms with Crippen molar-refractivity contribution in [3.63, 3.8) is 0 Å². The van der Waals surface area contributed by atoms with Gasteiger partial charge in [-0.15, -0.1) is 11.3 Å². The van der Waals surface area contributed by atoms with Crippen molar-refractivity contribution in [2.24, 2.45) is 5.92 Å². The number of rotatable bonds is 4. The Morgan fingerprint density at radius 1 is 1.55 bits per heavy atom. The lowest BCUT2D eigenvalue weighted by atomic mass is 10.1. The number of carbonyl (C=O) groups is 2. The number of nitrogens with one attached hydrogen (secondary N) is 2.